The van der Waals surface area contributed by atoms with Gasteiger partial charge in [0.2, 0.25) is 0 Å². The van der Waals surface area contributed by atoms with E-state index in [9.17, 15) is 9.59 Å². The summed E-state index contributed by atoms with van der Waals surface area (Å²) in [6, 6.07) is 11.3. The molecule has 0 saturated heterocycles. The van der Waals surface area contributed by atoms with E-state index in [1.807, 2.05) is 44.2 Å². The lowest BCUT2D eigenvalue weighted by Gasteiger charge is -2.18. The van der Waals surface area contributed by atoms with Gasteiger partial charge in [-0.15, -0.1) is 0 Å². The standard InChI is InChI=1S/C19H25N3O3/c1-13(2)16-12-17(22(3)21-16)19(25)20-15(9-10-18(23)24)11-14-7-5-4-6-8-14/h4-8,12-13,15H,9-11H2,1-3H3,(H,20,25)(H,23,24). The van der Waals surface area contributed by atoms with Gasteiger partial charge in [0.1, 0.15) is 5.69 Å². The summed E-state index contributed by atoms with van der Waals surface area (Å²) >= 11 is 0. The first-order valence-corrected chi connectivity index (χ1v) is 8.47. The van der Waals surface area contributed by atoms with E-state index >= 15 is 0 Å². The zero-order valence-electron chi connectivity index (χ0n) is 14.9. The monoisotopic (exact) mass is 343 g/mol. The number of carboxylic acids is 1. The number of nitrogens with one attached hydrogen (secondary N) is 1. The summed E-state index contributed by atoms with van der Waals surface area (Å²) in [4.78, 5) is 23.5. The fourth-order valence-corrected chi connectivity index (χ4v) is 2.66. The molecule has 0 fully saturated rings. The number of hydrogen-bond acceptors (Lipinski definition) is 3. The van der Waals surface area contributed by atoms with Gasteiger partial charge in [0.25, 0.3) is 5.91 Å². The van der Waals surface area contributed by atoms with Crippen molar-refractivity contribution < 1.29 is 14.7 Å². The molecule has 2 N–H and O–H groups in total. The van der Waals surface area contributed by atoms with E-state index in [-0.39, 0.29) is 24.3 Å². The highest BCUT2D eigenvalue weighted by Gasteiger charge is 2.19. The van der Waals surface area contributed by atoms with Gasteiger partial charge in [-0.25, -0.2) is 0 Å². The molecule has 25 heavy (non-hydrogen) atoms. The van der Waals surface area contributed by atoms with Crippen molar-refractivity contribution in [1.29, 1.82) is 0 Å². The second kappa shape index (κ2) is 8.46. The summed E-state index contributed by atoms with van der Waals surface area (Å²) in [7, 11) is 1.74. The average molecular weight is 343 g/mol. The highest BCUT2D eigenvalue weighted by atomic mass is 16.4. The molecule has 1 aromatic carbocycles. The molecule has 0 spiro atoms. The normalized spacial score (nSPS) is 12.2. The first kappa shape index (κ1) is 18.7. The Kier molecular flexibility index (Phi) is 6.33. The molecule has 1 heterocycles. The summed E-state index contributed by atoms with van der Waals surface area (Å²) in [5.74, 6) is -0.858. The molecule has 2 rings (SSSR count). The maximum atomic E-state index is 12.6. The van der Waals surface area contributed by atoms with Gasteiger partial charge < -0.3 is 10.4 Å². The Balaban J connectivity index is 2.11. The Labute approximate surface area is 147 Å². The molecule has 0 aliphatic carbocycles. The minimum atomic E-state index is -0.866. The van der Waals surface area contributed by atoms with Crippen LogP contribution in [0.15, 0.2) is 36.4 Å². The SMILES string of the molecule is CC(C)c1cc(C(=O)NC(CCC(=O)O)Cc2ccccc2)n(C)n1. The van der Waals surface area contributed by atoms with Gasteiger partial charge in [-0.05, 0) is 30.4 Å². The van der Waals surface area contributed by atoms with E-state index in [1.165, 1.54) is 0 Å². The van der Waals surface area contributed by atoms with Gasteiger partial charge in [0.05, 0.1) is 5.69 Å². The Morgan fingerprint density at radius 1 is 1.24 bits per heavy atom. The summed E-state index contributed by atoms with van der Waals surface area (Å²) in [6.45, 7) is 4.05. The van der Waals surface area contributed by atoms with Crippen molar-refractivity contribution in [2.75, 3.05) is 0 Å². The van der Waals surface area contributed by atoms with Gasteiger partial charge in [-0.2, -0.15) is 5.10 Å². The van der Waals surface area contributed by atoms with Gasteiger partial charge in [0, 0.05) is 19.5 Å². The van der Waals surface area contributed by atoms with E-state index in [2.05, 4.69) is 10.4 Å². The molecule has 0 aliphatic rings. The quantitative estimate of drug-likeness (QED) is 0.772. The molecule has 0 saturated carbocycles. The van der Waals surface area contributed by atoms with Crippen molar-refractivity contribution in [3.05, 3.63) is 53.3 Å². The number of carbonyl (C=O) groups is 2. The molecule has 6 nitrogen and oxygen atoms in total. The van der Waals surface area contributed by atoms with Crippen LogP contribution in [0.5, 0.6) is 0 Å². The number of benzene rings is 1. The van der Waals surface area contributed by atoms with E-state index in [0.29, 0.717) is 18.5 Å². The van der Waals surface area contributed by atoms with Gasteiger partial charge in [-0.3, -0.25) is 14.3 Å². The fourth-order valence-electron chi connectivity index (χ4n) is 2.66. The molecular weight excluding hydrogens is 318 g/mol. The predicted octanol–water partition coefficient (Wildman–Crippen LogP) is 2.75. The maximum Gasteiger partial charge on any atom is 0.303 e. The van der Waals surface area contributed by atoms with Crippen LogP contribution in [0.2, 0.25) is 0 Å². The van der Waals surface area contributed by atoms with Crippen molar-refractivity contribution in [2.45, 2.75) is 45.1 Å². The van der Waals surface area contributed by atoms with Crippen molar-refractivity contribution >= 4 is 11.9 Å². The second-order valence-corrected chi connectivity index (χ2v) is 6.53. The summed E-state index contributed by atoms with van der Waals surface area (Å²) in [5.41, 5.74) is 2.40. The van der Waals surface area contributed by atoms with E-state index in [4.69, 9.17) is 5.11 Å². The van der Waals surface area contributed by atoms with Gasteiger partial charge in [-0.1, -0.05) is 44.2 Å². The van der Waals surface area contributed by atoms with Crippen LogP contribution in [-0.2, 0) is 18.3 Å². The Morgan fingerprint density at radius 3 is 2.48 bits per heavy atom. The van der Waals surface area contributed by atoms with Gasteiger partial charge >= 0.3 is 5.97 Å². The number of aromatic nitrogens is 2. The number of rotatable bonds is 8. The number of nitrogens with zero attached hydrogens (tertiary/aromatic N) is 2. The Morgan fingerprint density at radius 2 is 1.92 bits per heavy atom. The minimum absolute atomic E-state index is 0.0143. The molecule has 134 valence electrons. The van der Waals surface area contributed by atoms with Crippen LogP contribution in [0.1, 0.15) is 54.4 Å². The maximum absolute atomic E-state index is 12.6. The van der Waals surface area contributed by atoms with Crippen LogP contribution in [-0.4, -0.2) is 32.8 Å². The number of hydrogen-bond donors (Lipinski definition) is 2. The Bertz CT molecular complexity index is 723. The molecular formula is C19H25N3O3. The molecule has 0 aliphatic heterocycles. The van der Waals surface area contributed by atoms with Crippen LogP contribution in [0, 0.1) is 0 Å². The molecule has 1 amide bonds. The van der Waals surface area contributed by atoms with E-state index in [0.717, 1.165) is 11.3 Å². The van der Waals surface area contributed by atoms with Crippen molar-refractivity contribution in [3.63, 3.8) is 0 Å². The highest BCUT2D eigenvalue weighted by Crippen LogP contribution is 2.15. The third kappa shape index (κ3) is 5.45. The first-order valence-electron chi connectivity index (χ1n) is 8.47. The third-order valence-corrected chi connectivity index (χ3v) is 4.09. The Hall–Kier alpha value is -2.63. The van der Waals surface area contributed by atoms with Crippen LogP contribution in [0.4, 0.5) is 0 Å². The first-order chi connectivity index (χ1) is 11.9. The number of aryl methyl sites for hydroxylation is 1. The second-order valence-electron chi connectivity index (χ2n) is 6.53. The van der Waals surface area contributed by atoms with Crippen LogP contribution >= 0.6 is 0 Å². The van der Waals surface area contributed by atoms with Crippen LogP contribution < -0.4 is 5.32 Å². The summed E-state index contributed by atoms with van der Waals surface area (Å²) in [6.07, 6.45) is 0.986. The lowest BCUT2D eigenvalue weighted by Crippen LogP contribution is -2.37. The molecule has 0 bridgehead atoms. The smallest absolute Gasteiger partial charge is 0.303 e. The largest absolute Gasteiger partial charge is 0.481 e. The fraction of sp³-hybridized carbons (Fsp3) is 0.421. The number of carbonyl (C=O) groups excluding carboxylic acids is 1. The highest BCUT2D eigenvalue weighted by molar-refractivity contribution is 5.93. The van der Waals surface area contributed by atoms with E-state index < -0.39 is 5.97 Å². The lowest BCUT2D eigenvalue weighted by atomic mass is 10.0. The summed E-state index contributed by atoms with van der Waals surface area (Å²) < 4.78 is 1.57. The molecule has 1 aromatic heterocycles. The number of aliphatic carboxylic acids is 1. The zero-order valence-corrected chi connectivity index (χ0v) is 14.9. The van der Waals surface area contributed by atoms with Gasteiger partial charge in [0.15, 0.2) is 0 Å². The molecule has 6 heteroatoms. The lowest BCUT2D eigenvalue weighted by molar-refractivity contribution is -0.137. The van der Waals surface area contributed by atoms with Crippen molar-refractivity contribution in [2.24, 2.45) is 7.05 Å². The van der Waals surface area contributed by atoms with Crippen LogP contribution in [0.25, 0.3) is 0 Å². The van der Waals surface area contributed by atoms with Crippen molar-refractivity contribution in [1.82, 2.24) is 15.1 Å². The minimum Gasteiger partial charge on any atom is -0.481 e. The predicted molar refractivity (Wildman–Crippen MR) is 95.6 cm³/mol. The summed E-state index contributed by atoms with van der Waals surface area (Å²) in [5, 5.41) is 16.3. The van der Waals surface area contributed by atoms with Crippen LogP contribution in [0.3, 0.4) is 0 Å². The zero-order chi connectivity index (χ0) is 18.4. The van der Waals surface area contributed by atoms with E-state index in [1.54, 1.807) is 17.8 Å². The topological polar surface area (TPSA) is 84.2 Å². The average Bonchev–Trinajstić information content (AvgIpc) is 2.96. The van der Waals surface area contributed by atoms with Crippen molar-refractivity contribution in [3.8, 4) is 0 Å². The molecule has 1 atom stereocenters. The molecule has 2 aromatic rings. The third-order valence-electron chi connectivity index (χ3n) is 4.09. The number of carboxylic acid groups (broad SMARTS) is 1. The number of amides is 1. The molecule has 1 unspecified atom stereocenters. The molecule has 0 radical (unpaired) electrons.